The molecule has 6 heterocycles. The largest absolute Gasteiger partial charge is 0.506 e. The molecule has 1 amide bonds. The molecule has 25 nitrogen and oxygen atoms in total. The van der Waals surface area contributed by atoms with Crippen molar-refractivity contribution in [3.8, 4) is 101 Å². The summed E-state index contributed by atoms with van der Waals surface area (Å²) in [4.78, 5) is 160. The molecule has 128 heavy (non-hydrogen) atoms. The van der Waals surface area contributed by atoms with Crippen molar-refractivity contribution in [2.75, 3.05) is 6.54 Å². The van der Waals surface area contributed by atoms with Crippen LogP contribution in [0.1, 0.15) is 182 Å². The number of benzene rings is 6. The third kappa shape index (κ3) is 32.0. The molecule has 0 aliphatic carbocycles. The summed E-state index contributed by atoms with van der Waals surface area (Å²) >= 11 is 0. The molecule has 12 aromatic rings. The van der Waals surface area contributed by atoms with Crippen LogP contribution in [0.5, 0.6) is 34.5 Å². The summed E-state index contributed by atoms with van der Waals surface area (Å²) < 4.78 is 79.1. The number of halogens is 6. The van der Waals surface area contributed by atoms with Crippen LogP contribution >= 0.6 is 0 Å². The van der Waals surface area contributed by atoms with Gasteiger partial charge in [0, 0.05) is 154 Å². The summed E-state index contributed by atoms with van der Waals surface area (Å²) in [5, 5.41) is 62.1. The molecule has 0 aliphatic rings. The smallest absolute Gasteiger partial charge is 0.220 e. The first-order valence-corrected chi connectivity index (χ1v) is 39.5. The van der Waals surface area contributed by atoms with E-state index in [0.717, 1.165) is 0 Å². The molecule has 0 aliphatic heterocycles. The molecular formula is C97H87F6N7O18. The Morgan fingerprint density at radius 2 is 0.391 bits per heavy atom. The molecule has 0 radical (unpaired) electrons. The van der Waals surface area contributed by atoms with Gasteiger partial charge in [-0.2, -0.15) is 0 Å². The van der Waals surface area contributed by atoms with Gasteiger partial charge in [0.1, 0.15) is 132 Å². The second kappa shape index (κ2) is 49.1. The highest BCUT2D eigenvalue weighted by Crippen LogP contribution is 2.33. The van der Waals surface area contributed by atoms with Crippen molar-refractivity contribution < 1.29 is 115 Å². The van der Waals surface area contributed by atoms with Crippen LogP contribution in [0.25, 0.3) is 66.8 Å². The second-order valence-electron chi connectivity index (χ2n) is 28.6. The predicted octanol–water partition coefficient (Wildman–Crippen LogP) is 18.4. The van der Waals surface area contributed by atoms with Gasteiger partial charge in [-0.05, 0) is 184 Å². The van der Waals surface area contributed by atoms with Crippen LogP contribution in [-0.4, -0.2) is 137 Å². The number of rotatable bonds is 31. The highest BCUT2D eigenvalue weighted by molar-refractivity contribution is 6.03. The molecule has 0 atom stereocenters. The first kappa shape index (κ1) is 99.5. The Morgan fingerprint density at radius 1 is 0.234 bits per heavy atom. The van der Waals surface area contributed by atoms with Crippen LogP contribution in [0, 0.1) is 34.9 Å². The number of amides is 1. The Balaban J connectivity index is 0.000000210. The summed E-state index contributed by atoms with van der Waals surface area (Å²) in [7, 11) is 0. The van der Waals surface area contributed by atoms with Gasteiger partial charge in [0.15, 0.2) is 34.7 Å². The molecule has 6 aromatic carbocycles. The number of aromatic hydroxyl groups is 6. The van der Waals surface area contributed by atoms with E-state index in [1.807, 2.05) is 0 Å². The lowest BCUT2D eigenvalue weighted by molar-refractivity contribution is -0.121. The highest BCUT2D eigenvalue weighted by atomic mass is 19.1. The Hall–Kier alpha value is -15.6. The zero-order chi connectivity index (χ0) is 93.8. The molecule has 0 fully saturated rings. The summed E-state index contributed by atoms with van der Waals surface area (Å²) in [6.07, 6.45) is 9.02. The van der Waals surface area contributed by atoms with Crippen molar-refractivity contribution in [3.05, 3.63) is 288 Å². The van der Waals surface area contributed by atoms with Gasteiger partial charge in [0.25, 0.3) is 0 Å². The number of carbonyl (C=O) groups excluding carboxylic acids is 12. The summed E-state index contributed by atoms with van der Waals surface area (Å²) in [6, 6.07) is 43.3. The zero-order valence-corrected chi connectivity index (χ0v) is 70.0. The van der Waals surface area contributed by atoms with Crippen LogP contribution < -0.4 is 5.32 Å². The van der Waals surface area contributed by atoms with Crippen LogP contribution in [0.2, 0.25) is 0 Å². The van der Waals surface area contributed by atoms with E-state index in [1.165, 1.54) is 181 Å². The van der Waals surface area contributed by atoms with E-state index >= 15 is 0 Å². The molecule has 0 bridgehead atoms. The van der Waals surface area contributed by atoms with Crippen molar-refractivity contribution in [1.29, 1.82) is 0 Å². The Labute approximate surface area is 730 Å². The molecule has 660 valence electrons. The van der Waals surface area contributed by atoms with Crippen LogP contribution in [-0.2, 0) is 28.8 Å². The third-order valence-corrected chi connectivity index (χ3v) is 18.2. The minimum atomic E-state index is -0.417. The molecule has 0 saturated heterocycles. The van der Waals surface area contributed by atoms with Gasteiger partial charge >= 0.3 is 0 Å². The quantitative estimate of drug-likeness (QED) is 0.0157. The molecular weight excluding hydrogens is 1670 g/mol. The molecule has 7 N–H and O–H groups in total. The Bertz CT molecular complexity index is 5400. The lowest BCUT2D eigenvalue weighted by atomic mass is 10.0. The fourth-order valence-electron chi connectivity index (χ4n) is 11.6. The summed E-state index contributed by atoms with van der Waals surface area (Å²) in [6.45, 7) is 9.27. The van der Waals surface area contributed by atoms with Gasteiger partial charge in [-0.3, -0.25) is 33.6 Å². The molecule has 0 spiro atoms. The molecule has 0 unspecified atom stereocenters. The average Bonchev–Trinajstić information content (AvgIpc) is 0.851. The van der Waals surface area contributed by atoms with Crippen LogP contribution in [0.4, 0.5) is 26.3 Å². The number of hydrogen-bond donors (Lipinski definition) is 7. The lowest BCUT2D eigenvalue weighted by Gasteiger charge is -2.06. The Kier molecular flexibility index (Phi) is 38.2. The van der Waals surface area contributed by atoms with Gasteiger partial charge < -0.3 is 59.9 Å². The maximum Gasteiger partial charge on any atom is 0.220 e. The van der Waals surface area contributed by atoms with E-state index in [1.54, 1.807) is 79.7 Å². The predicted molar refractivity (Wildman–Crippen MR) is 461 cm³/mol. The third-order valence-electron chi connectivity index (χ3n) is 18.2. The van der Waals surface area contributed by atoms with Crippen molar-refractivity contribution in [1.82, 2.24) is 35.2 Å². The number of hydrogen-bond acceptors (Lipinski definition) is 24. The van der Waals surface area contributed by atoms with E-state index in [2.05, 4.69) is 35.2 Å². The maximum atomic E-state index is 13.2. The van der Waals surface area contributed by atoms with Gasteiger partial charge in [0.2, 0.25) is 5.91 Å². The van der Waals surface area contributed by atoms with E-state index in [0.29, 0.717) is 73.3 Å². The van der Waals surface area contributed by atoms with Gasteiger partial charge in [-0.25, -0.2) is 56.2 Å². The van der Waals surface area contributed by atoms with E-state index in [-0.39, 0.29) is 181 Å². The number of aromatic nitrogens is 6. The molecule has 31 heteroatoms. The zero-order valence-electron chi connectivity index (χ0n) is 70.0. The second-order valence-corrected chi connectivity index (χ2v) is 28.6. The normalized spacial score (nSPS) is 10.4. The van der Waals surface area contributed by atoms with Crippen molar-refractivity contribution in [3.63, 3.8) is 0 Å². The number of nitrogens with one attached hydrogen (secondary N) is 1. The summed E-state index contributed by atoms with van der Waals surface area (Å²) in [5.74, 6) is -7.13. The molecule has 6 aromatic heterocycles. The number of nitrogens with zero attached hydrogens (tertiary/aromatic N) is 6. The number of pyridine rings is 6. The maximum absolute atomic E-state index is 13.2. The van der Waals surface area contributed by atoms with Crippen molar-refractivity contribution in [2.24, 2.45) is 0 Å². The highest BCUT2D eigenvalue weighted by Gasteiger charge is 2.22. The first-order valence-electron chi connectivity index (χ1n) is 39.5. The number of carbonyl (C=O) groups is 12. The molecule has 12 rings (SSSR count). The lowest BCUT2D eigenvalue weighted by Crippen LogP contribution is -2.23. The van der Waals surface area contributed by atoms with E-state index in [4.69, 9.17) is 0 Å². The average molecular weight is 1750 g/mol. The number of Topliss-reactive ketones (excluding diaryl/α,β-unsaturated/α-hetero) is 11. The van der Waals surface area contributed by atoms with Crippen LogP contribution in [0.3, 0.4) is 0 Å². The van der Waals surface area contributed by atoms with Crippen molar-refractivity contribution >= 4 is 69.5 Å². The fourth-order valence-corrected chi connectivity index (χ4v) is 11.6. The SMILES string of the molecule is CC(=O)CCC(=O)c1ncc(-c2cccc(F)c2)cc1O.CC(=O)CCC(=O)c1ncc(-c2cccc(F)c2)cc1O.CC(=O)CCC(=O)c1ncc(-c2cccc(F)c2)cc1O.CC(=O)CCC(=O)c1ncc(-c2cccc(F)c2)cc1O.CC(=O)CCC(=O)c1ncc(-c2cccc(F)c2)cc1O.CCNC(=O)CCC(=O)c1ncc(-c2cccc(F)c2)cc1O. The monoisotopic (exact) mass is 1750 g/mol. The van der Waals surface area contributed by atoms with Crippen molar-refractivity contribution in [2.45, 2.75) is 119 Å². The van der Waals surface area contributed by atoms with Gasteiger partial charge in [-0.1, -0.05) is 72.8 Å². The minimum Gasteiger partial charge on any atom is -0.506 e. The van der Waals surface area contributed by atoms with Crippen LogP contribution in [0.15, 0.2) is 219 Å². The molecule has 0 saturated carbocycles. The number of ketones is 11. The topological polar surface area (TPSA) is 416 Å². The van der Waals surface area contributed by atoms with Gasteiger partial charge in [-0.15, -0.1) is 0 Å². The van der Waals surface area contributed by atoms with E-state index in [9.17, 15) is 115 Å². The van der Waals surface area contributed by atoms with Gasteiger partial charge in [0.05, 0.1) is 0 Å². The fraction of sp³-hybridized carbons (Fsp3) is 0.196. The minimum absolute atomic E-state index is 0.00913. The van der Waals surface area contributed by atoms with E-state index < -0.39 is 69.6 Å². The standard InChI is InChI=1S/C17H17FN2O3.5C16H14FNO3/c1-2-19-16(23)7-6-14(21)17-15(22)9-12(10-20-17)11-4-3-5-13(18)8-11;5*1-10(19)5-6-14(20)16-15(21)8-12(9-18-16)11-3-2-4-13(17)7-11/h3-5,8-10,22H,2,6-7H2,1H3,(H,19,23);5*2-4,7-9,21H,5-6H2,1H3. The summed E-state index contributed by atoms with van der Waals surface area (Å²) in [5.41, 5.74) is 5.93. The Morgan fingerprint density at radius 3 is 0.523 bits per heavy atom. The first-order chi connectivity index (χ1) is 60.9.